The fraction of sp³-hybridized carbons (Fsp3) is 0.296. The maximum Gasteiger partial charge on any atom is 0.573 e. The fourth-order valence-electron chi connectivity index (χ4n) is 20.3. The van der Waals surface area contributed by atoms with Crippen LogP contribution in [0.1, 0.15) is 161 Å². The van der Waals surface area contributed by atoms with Crippen LogP contribution < -0.4 is 63.9 Å². The molecule has 4 aromatic heterocycles. The van der Waals surface area contributed by atoms with Crippen LogP contribution in [0.5, 0.6) is 74.7 Å². The van der Waals surface area contributed by atoms with Gasteiger partial charge >= 0.3 is 6.36 Å². The Balaban J connectivity index is 0.000000110. The van der Waals surface area contributed by atoms with E-state index >= 15 is 0 Å². The number of aromatic nitrogens is 4. The molecule has 12 aliphatic rings. The normalized spacial score (nSPS) is 21.5. The number of alkyl halides is 3. The number of amides is 4. The maximum atomic E-state index is 13.8. The van der Waals surface area contributed by atoms with E-state index in [9.17, 15) is 64.7 Å². The van der Waals surface area contributed by atoms with Crippen LogP contribution in [0.4, 0.5) is 49.6 Å². The lowest BCUT2D eigenvalue weighted by atomic mass is 10.0. The first kappa shape index (κ1) is 90.2. The Morgan fingerprint density at radius 2 is 0.691 bits per heavy atom. The van der Waals surface area contributed by atoms with E-state index in [0.717, 1.165) is 78.6 Å². The van der Waals surface area contributed by atoms with Crippen molar-refractivity contribution in [1.82, 2.24) is 19.9 Å². The van der Waals surface area contributed by atoms with E-state index in [1.807, 2.05) is 84.9 Å². The number of ether oxygens (including phenoxy) is 9. The molecule has 0 unspecified atom stereocenters. The first-order valence-corrected chi connectivity index (χ1v) is 46.6. The highest BCUT2D eigenvalue weighted by molar-refractivity contribution is 5.96. The van der Waals surface area contributed by atoms with Crippen LogP contribution in [-0.4, -0.2) is 97.5 Å². The summed E-state index contributed by atoms with van der Waals surface area (Å²) in [5.74, 6) is 11.1. The van der Waals surface area contributed by atoms with Gasteiger partial charge in [-0.3, -0.25) is 38.4 Å². The molecule has 0 radical (unpaired) electrons. The van der Waals surface area contributed by atoms with Gasteiger partial charge in [0.05, 0.1) is 0 Å². The van der Waals surface area contributed by atoms with Crippen molar-refractivity contribution in [2.45, 2.75) is 176 Å². The van der Waals surface area contributed by atoms with E-state index in [1.54, 1.807) is 85.5 Å². The molecule has 0 saturated heterocycles. The second-order valence-electron chi connectivity index (χ2n) is 36.7. The lowest BCUT2D eigenvalue weighted by molar-refractivity contribution is -0.274. The number of pyridine rings is 4. The molecule has 0 spiro atoms. The van der Waals surface area contributed by atoms with Gasteiger partial charge in [0.2, 0.25) is 23.6 Å². The summed E-state index contributed by atoms with van der Waals surface area (Å²) in [6.07, 6.45) is 9.99. The number of carbonyl (C=O) groups is 8. The number of fused-ring (bicyclic) bond motifs is 16. The Labute approximate surface area is 792 Å². The van der Waals surface area contributed by atoms with Crippen molar-refractivity contribution in [3.05, 3.63) is 303 Å². The Bertz CT molecular complexity index is 6940. The predicted octanol–water partition coefficient (Wildman–Crippen LogP) is 20.2. The minimum atomic E-state index is -4.78. The van der Waals surface area contributed by atoms with Gasteiger partial charge in [-0.15, -0.1) is 13.2 Å². The summed E-state index contributed by atoms with van der Waals surface area (Å²) in [6, 6.07) is 54.8. The van der Waals surface area contributed by atoms with Crippen LogP contribution in [0.3, 0.4) is 0 Å². The number of halogens is 6. The molecule has 31 heteroatoms. The van der Waals surface area contributed by atoms with E-state index in [4.69, 9.17) is 37.9 Å². The summed E-state index contributed by atoms with van der Waals surface area (Å²) in [5, 5.41) is 11.1. The molecule has 4 amide bonds. The van der Waals surface area contributed by atoms with Crippen molar-refractivity contribution in [3.63, 3.8) is 0 Å². The third-order valence-electron chi connectivity index (χ3n) is 27.4. The fourth-order valence-corrected chi connectivity index (χ4v) is 20.3. The van der Waals surface area contributed by atoms with E-state index in [-0.39, 0.29) is 155 Å². The number of nitrogens with zero attached hydrogens (tertiary/aromatic N) is 4. The molecule has 12 heterocycles. The Morgan fingerprint density at radius 3 is 1.06 bits per heavy atom. The van der Waals surface area contributed by atoms with Crippen molar-refractivity contribution in [1.29, 1.82) is 0 Å². The molecule has 4 saturated carbocycles. The number of nitrogens with one attached hydrogen (secondary N) is 4. The predicted molar refractivity (Wildman–Crippen MR) is 493 cm³/mol. The largest absolute Gasteiger partial charge is 0.573 e. The van der Waals surface area contributed by atoms with Crippen molar-refractivity contribution in [2.75, 3.05) is 21.3 Å². The second kappa shape index (κ2) is 38.0. The van der Waals surface area contributed by atoms with Crippen molar-refractivity contribution < 1.29 is 107 Å². The summed E-state index contributed by atoms with van der Waals surface area (Å²) in [4.78, 5) is 114. The van der Waals surface area contributed by atoms with E-state index in [1.165, 1.54) is 48.5 Å². The van der Waals surface area contributed by atoms with Crippen LogP contribution in [0.25, 0.3) is 0 Å². The lowest BCUT2D eigenvalue weighted by Gasteiger charge is -2.19. The Morgan fingerprint density at radius 1 is 0.338 bits per heavy atom. The van der Waals surface area contributed by atoms with E-state index in [2.05, 4.69) is 45.9 Å². The molecule has 139 heavy (non-hydrogen) atoms. The third kappa shape index (κ3) is 20.2. The maximum absolute atomic E-state index is 13.8. The average Bonchev–Trinajstić information content (AvgIpc) is 1.57. The number of carbonyl (C=O) groups excluding carboxylic acids is 8. The number of rotatable bonds is 28. The SMILES string of the molecule is O=C(CCc1ccc(F)cc1)C[C@@H]1[C@H]2Oc3ccc(Oc4ccnc5c4CCC(=O)N5)cc3[C@@H]12.O=C(CCc1cccc(F)c1)C[C@@H]1[C@H]2Oc3ccc(Oc4ccnc5c4CCC(=O)N5)cc3[C@@H]12.O=C(CCc1ccccc1F)C[C@@H]1[C@H]2Oc3ccc(Oc4ccnc5c4CCC(=O)N5)cc3[C@@H]12.O=C(Cc1cccc(OC(F)(F)F)c1)C[C@@H]1[C@H]2Oc3ccc(Oc4ccnc5c4CCC(=O)N5)cc3[C@@H]12. The third-order valence-corrected chi connectivity index (χ3v) is 27.4. The molecular formula is C108H90F6N8O17. The average molecular weight is 1890 g/mol. The Hall–Kier alpha value is -15.3. The molecule has 24 rings (SSSR count). The highest BCUT2D eigenvalue weighted by Crippen LogP contribution is 2.64. The number of ketones is 4. The van der Waals surface area contributed by atoms with Gasteiger partial charge in [0.1, 0.15) is 163 Å². The first-order chi connectivity index (χ1) is 67.4. The number of hydrogen-bond acceptors (Lipinski definition) is 21. The topological polar surface area (TPSA) is 319 Å². The molecule has 12 atom stereocenters. The quantitative estimate of drug-likeness (QED) is 0.0331. The first-order valence-electron chi connectivity index (χ1n) is 46.6. The number of hydrogen-bond donors (Lipinski definition) is 4. The molecule has 8 aromatic carbocycles. The van der Waals surface area contributed by atoms with Gasteiger partial charge in [0, 0.05) is 194 Å². The minimum absolute atomic E-state index is 0.00811. The summed E-state index contributed by atoms with van der Waals surface area (Å²) >= 11 is 0. The highest BCUT2D eigenvalue weighted by atomic mass is 19.4. The van der Waals surface area contributed by atoms with Gasteiger partial charge in [0.25, 0.3) is 0 Å². The zero-order chi connectivity index (χ0) is 95.4. The number of anilines is 4. The van der Waals surface area contributed by atoms with Crippen LogP contribution in [-0.2, 0) is 89.7 Å². The molecule has 8 aliphatic heterocycles. The molecular weight excluding hydrogens is 1800 g/mol. The molecule has 0 bridgehead atoms. The Kier molecular flexibility index (Phi) is 24.7. The van der Waals surface area contributed by atoms with Crippen molar-refractivity contribution in [2.24, 2.45) is 23.7 Å². The van der Waals surface area contributed by atoms with Crippen LogP contribution in [0.15, 0.2) is 219 Å². The van der Waals surface area contributed by atoms with Gasteiger partial charge in [-0.2, -0.15) is 0 Å². The molecule has 25 nitrogen and oxygen atoms in total. The zero-order valence-electron chi connectivity index (χ0n) is 74.6. The standard InChI is InChI=1S/C27H21F3N2O5.3C27H23FN2O4/c28-27(29,30)37-17-3-1-2-14(11-17)10-15(33)12-20-24-19-13-16(4-6-21(19)36-25(20)24)35-22-8-9-31-26-18(22)5-7-23(34)32-26;28-16-4-1-15(2-5-16)3-6-17(31)13-21-25-20-14-18(7-9-22(20)34-26(21)25)33-23-11-12-29-27-19(23)8-10-24(32)30-27;28-16-3-1-2-15(12-16)4-5-17(31)13-21-25-20-14-18(6-8-22(20)34-26(21)25)33-23-10-11-29-27-19(23)7-9-24(32)30-27;28-21-4-2-1-3-15(21)5-6-16(31)13-20-25-19-14-17(7-9-22(19)34-26(20)25)33-23-11-12-29-27-18(23)8-10-24(32)30-27/h1-4,6,8-9,11,13,20,24-25H,5,7,10,12H2,(H,31,32,34);1-2,4-5,7,9,11-12,14,21,25-26H,3,6,8,10,13H2,(H,29,30,32);1-3,6,8,10-12,14,21,25-26H,4-5,7,9,13H2,(H,29,30,32);1-4,7,9,11-12,14,20,25-26H,5-6,8,10,13H2,(H,29,30,32)/t20-,24-,25+;2*21-,25-,26+;20-,25-,26+/m0000/s1. The van der Waals surface area contributed by atoms with E-state index in [0.29, 0.717) is 190 Å². The monoisotopic (exact) mass is 1880 g/mol. The van der Waals surface area contributed by atoms with Gasteiger partial charge in [-0.1, -0.05) is 54.6 Å². The van der Waals surface area contributed by atoms with E-state index < -0.39 is 6.36 Å². The smallest absolute Gasteiger partial charge is 0.489 e. The summed E-state index contributed by atoms with van der Waals surface area (Å²) in [7, 11) is 0. The molecule has 4 N–H and O–H groups in total. The van der Waals surface area contributed by atoms with Gasteiger partial charge in [-0.05, 0) is 207 Å². The van der Waals surface area contributed by atoms with Gasteiger partial charge < -0.3 is 63.9 Å². The van der Waals surface area contributed by atoms with Crippen LogP contribution in [0, 0.1) is 41.1 Å². The van der Waals surface area contributed by atoms with Crippen molar-refractivity contribution >= 4 is 70.0 Å². The minimum Gasteiger partial charge on any atom is -0.489 e. The zero-order valence-corrected chi connectivity index (χ0v) is 74.6. The van der Waals surface area contributed by atoms with Crippen LogP contribution in [0.2, 0.25) is 0 Å². The molecule has 706 valence electrons. The lowest BCUT2D eigenvalue weighted by Crippen LogP contribution is -2.20. The summed E-state index contributed by atoms with van der Waals surface area (Å²) < 4.78 is 130. The molecule has 4 fully saturated rings. The van der Waals surface area contributed by atoms with Gasteiger partial charge in [0.15, 0.2) is 0 Å². The second-order valence-corrected chi connectivity index (χ2v) is 36.7. The van der Waals surface area contributed by atoms with Gasteiger partial charge in [-0.25, -0.2) is 33.1 Å². The number of benzene rings is 8. The van der Waals surface area contributed by atoms with Crippen molar-refractivity contribution in [3.8, 4) is 74.7 Å². The summed E-state index contributed by atoms with van der Waals surface area (Å²) in [5.41, 5.74) is 10.5. The highest BCUT2D eigenvalue weighted by Gasteiger charge is 2.62. The van der Waals surface area contributed by atoms with Crippen LogP contribution >= 0.6 is 0 Å². The molecule has 4 aliphatic carbocycles. The molecule has 12 aromatic rings. The number of aryl methyl sites for hydroxylation is 3. The summed E-state index contributed by atoms with van der Waals surface area (Å²) in [6.45, 7) is 0. The number of Topliss-reactive ketones (excluding diaryl/α,β-unsaturated/α-hetero) is 4.